The number of aliphatic hydroxyl groups excluding tert-OH is 3. The second-order valence-corrected chi connectivity index (χ2v) is 7.52. The third kappa shape index (κ3) is 3.80. The van der Waals surface area contributed by atoms with E-state index in [0.29, 0.717) is 30.1 Å². The Hall–Kier alpha value is -3.45. The molecule has 0 amide bonds. The van der Waals surface area contributed by atoms with E-state index >= 15 is 0 Å². The van der Waals surface area contributed by atoms with Crippen LogP contribution in [0.3, 0.4) is 0 Å². The van der Waals surface area contributed by atoms with E-state index in [1.54, 1.807) is 4.68 Å². The van der Waals surface area contributed by atoms with Gasteiger partial charge < -0.3 is 25.4 Å². The van der Waals surface area contributed by atoms with Gasteiger partial charge in [0.15, 0.2) is 23.2 Å². The average Bonchev–Trinajstić information content (AvgIpc) is 3.52. The second kappa shape index (κ2) is 8.59. The van der Waals surface area contributed by atoms with E-state index < -0.39 is 31.1 Å². The minimum atomic E-state index is -1.23. The van der Waals surface area contributed by atoms with Crippen LogP contribution >= 0.6 is 0 Å². The third-order valence-electron chi connectivity index (χ3n) is 5.36. The van der Waals surface area contributed by atoms with E-state index in [-0.39, 0.29) is 0 Å². The van der Waals surface area contributed by atoms with E-state index in [1.807, 2.05) is 36.5 Å². The van der Waals surface area contributed by atoms with Crippen molar-refractivity contribution in [3.05, 3.63) is 60.4 Å². The van der Waals surface area contributed by atoms with Crippen molar-refractivity contribution >= 4 is 17.0 Å². The molecule has 166 valence electrons. The lowest BCUT2D eigenvalue weighted by Crippen LogP contribution is -2.33. The Morgan fingerprint density at radius 2 is 1.91 bits per heavy atom. The fraction of sp³-hybridized carbons (Fsp3) is 0.350. The molecule has 0 spiro atoms. The summed E-state index contributed by atoms with van der Waals surface area (Å²) in [7, 11) is 0. The number of aromatic nitrogens is 7. The number of fused-ring (bicyclic) bond motifs is 1. The van der Waals surface area contributed by atoms with Gasteiger partial charge in [-0.25, -0.2) is 19.6 Å². The van der Waals surface area contributed by atoms with Gasteiger partial charge in [0.25, 0.3) is 0 Å². The van der Waals surface area contributed by atoms with Crippen LogP contribution in [0, 0.1) is 0 Å². The van der Waals surface area contributed by atoms with Gasteiger partial charge in [0, 0.05) is 0 Å². The summed E-state index contributed by atoms with van der Waals surface area (Å²) in [5.41, 5.74) is 2.76. The summed E-state index contributed by atoms with van der Waals surface area (Å²) in [5, 5.41) is 41.2. The number of ether oxygens (including phenoxy) is 1. The van der Waals surface area contributed by atoms with Gasteiger partial charge in [0.2, 0.25) is 0 Å². The van der Waals surface area contributed by atoms with Crippen molar-refractivity contribution in [3.8, 4) is 0 Å². The number of rotatable bonds is 7. The summed E-state index contributed by atoms with van der Waals surface area (Å²) in [6, 6.07) is 9.99. The summed E-state index contributed by atoms with van der Waals surface area (Å²) >= 11 is 0. The highest BCUT2D eigenvalue weighted by Crippen LogP contribution is 2.32. The normalized spacial score (nSPS) is 23.1. The van der Waals surface area contributed by atoms with Gasteiger partial charge in [-0.15, -0.1) is 5.10 Å². The van der Waals surface area contributed by atoms with E-state index in [2.05, 4.69) is 30.6 Å². The molecule has 0 radical (unpaired) electrons. The summed E-state index contributed by atoms with van der Waals surface area (Å²) < 4.78 is 8.86. The van der Waals surface area contributed by atoms with Gasteiger partial charge in [-0.2, -0.15) is 0 Å². The SMILES string of the molecule is OC[C@@H]1O[C@@H](n2cnc3c(NCc4cn(Cc5ccccc5)nn4)ncnc32)[C@@H](O)[C@H]1O. The number of anilines is 1. The molecular formula is C20H22N8O4. The first-order valence-corrected chi connectivity index (χ1v) is 10.1. The molecule has 32 heavy (non-hydrogen) atoms. The lowest BCUT2D eigenvalue weighted by atomic mass is 10.1. The third-order valence-corrected chi connectivity index (χ3v) is 5.36. The van der Waals surface area contributed by atoms with Crippen molar-refractivity contribution in [1.82, 2.24) is 34.5 Å². The van der Waals surface area contributed by atoms with Crippen LogP contribution in [0.25, 0.3) is 11.2 Å². The zero-order valence-electron chi connectivity index (χ0n) is 16.9. The molecule has 3 aromatic heterocycles. The Bertz CT molecular complexity index is 1200. The standard InChI is InChI=1S/C20H22N8O4/c29-9-14-16(30)17(31)20(32-14)28-11-24-15-18(22-10-23-19(15)28)21-6-13-8-27(26-25-13)7-12-4-2-1-3-5-12/h1-5,8,10-11,14,16-17,20,29-31H,6-7,9H2,(H,21,22,23)/t14-,16-,17-,20+/m0/s1. The molecule has 1 saturated heterocycles. The van der Waals surface area contributed by atoms with Crippen molar-refractivity contribution in [1.29, 1.82) is 0 Å². The van der Waals surface area contributed by atoms with E-state index in [0.717, 1.165) is 11.3 Å². The van der Waals surface area contributed by atoms with Crippen molar-refractivity contribution in [2.24, 2.45) is 0 Å². The number of imidazole rings is 1. The van der Waals surface area contributed by atoms with Crippen molar-refractivity contribution in [3.63, 3.8) is 0 Å². The smallest absolute Gasteiger partial charge is 0.167 e. The van der Waals surface area contributed by atoms with Gasteiger partial charge in [-0.05, 0) is 5.56 Å². The van der Waals surface area contributed by atoms with E-state index in [4.69, 9.17) is 4.74 Å². The van der Waals surface area contributed by atoms with Gasteiger partial charge in [-0.1, -0.05) is 35.5 Å². The first-order valence-electron chi connectivity index (χ1n) is 10.1. The fourth-order valence-electron chi connectivity index (χ4n) is 3.72. The lowest BCUT2D eigenvalue weighted by Gasteiger charge is -2.16. The number of nitrogens with zero attached hydrogens (tertiary/aromatic N) is 7. The first kappa shape index (κ1) is 20.5. The molecule has 4 N–H and O–H groups in total. The molecule has 0 unspecified atom stereocenters. The summed E-state index contributed by atoms with van der Waals surface area (Å²) in [5.74, 6) is 0.484. The average molecular weight is 438 g/mol. The molecule has 12 heteroatoms. The molecule has 1 aliphatic heterocycles. The molecule has 4 heterocycles. The Balaban J connectivity index is 1.31. The largest absolute Gasteiger partial charge is 0.394 e. The van der Waals surface area contributed by atoms with Crippen LogP contribution in [0.2, 0.25) is 0 Å². The van der Waals surface area contributed by atoms with Gasteiger partial charge in [0.05, 0.1) is 32.2 Å². The molecule has 0 bridgehead atoms. The van der Waals surface area contributed by atoms with Crippen LogP contribution in [0.1, 0.15) is 17.5 Å². The Labute approximate surface area is 182 Å². The molecule has 0 aliphatic carbocycles. The summed E-state index contributed by atoms with van der Waals surface area (Å²) in [6.07, 6.45) is 0.446. The molecule has 5 rings (SSSR count). The first-order chi connectivity index (χ1) is 15.6. The molecule has 1 aliphatic rings. The van der Waals surface area contributed by atoms with Crippen molar-refractivity contribution < 1.29 is 20.1 Å². The highest BCUT2D eigenvalue weighted by Gasteiger charge is 2.44. The highest BCUT2D eigenvalue weighted by molar-refractivity contribution is 5.82. The Kier molecular flexibility index (Phi) is 5.49. The molecule has 12 nitrogen and oxygen atoms in total. The lowest BCUT2D eigenvalue weighted by molar-refractivity contribution is -0.0511. The summed E-state index contributed by atoms with van der Waals surface area (Å²) in [4.78, 5) is 12.8. The predicted molar refractivity (Wildman–Crippen MR) is 111 cm³/mol. The molecule has 4 atom stereocenters. The predicted octanol–water partition coefficient (Wildman–Crippen LogP) is -0.310. The van der Waals surface area contributed by atoms with Crippen molar-refractivity contribution in [2.45, 2.75) is 37.6 Å². The number of hydrogen-bond acceptors (Lipinski definition) is 10. The van der Waals surface area contributed by atoms with Crippen LogP contribution in [0.5, 0.6) is 0 Å². The highest BCUT2D eigenvalue weighted by atomic mass is 16.6. The molecule has 1 aromatic carbocycles. The number of aliphatic hydroxyl groups is 3. The van der Waals surface area contributed by atoms with E-state index in [1.165, 1.54) is 17.2 Å². The fourth-order valence-corrected chi connectivity index (χ4v) is 3.72. The maximum Gasteiger partial charge on any atom is 0.167 e. The van der Waals surface area contributed by atoms with Crippen LogP contribution in [0.4, 0.5) is 5.82 Å². The maximum absolute atomic E-state index is 10.3. The van der Waals surface area contributed by atoms with Crippen LogP contribution in [-0.2, 0) is 17.8 Å². The second-order valence-electron chi connectivity index (χ2n) is 7.52. The van der Waals surface area contributed by atoms with E-state index in [9.17, 15) is 15.3 Å². The monoisotopic (exact) mass is 438 g/mol. The molecule has 1 fully saturated rings. The van der Waals surface area contributed by atoms with Gasteiger partial charge >= 0.3 is 0 Å². The molecule has 0 saturated carbocycles. The van der Waals surface area contributed by atoms with Crippen LogP contribution < -0.4 is 5.32 Å². The van der Waals surface area contributed by atoms with Crippen LogP contribution in [0.15, 0.2) is 49.2 Å². The number of benzene rings is 1. The van der Waals surface area contributed by atoms with Gasteiger partial charge in [0.1, 0.15) is 30.3 Å². The number of nitrogens with one attached hydrogen (secondary N) is 1. The topological polar surface area (TPSA) is 156 Å². The quantitative estimate of drug-likeness (QED) is 0.302. The zero-order valence-corrected chi connectivity index (χ0v) is 16.9. The van der Waals surface area contributed by atoms with Gasteiger partial charge in [-0.3, -0.25) is 4.57 Å². The minimum Gasteiger partial charge on any atom is -0.394 e. The van der Waals surface area contributed by atoms with Crippen molar-refractivity contribution in [2.75, 3.05) is 11.9 Å². The summed E-state index contributed by atoms with van der Waals surface area (Å²) in [6.45, 7) is 0.593. The molecule has 4 aromatic rings. The Morgan fingerprint density at radius 1 is 1.06 bits per heavy atom. The zero-order chi connectivity index (χ0) is 22.1. The minimum absolute atomic E-state index is 0.377. The maximum atomic E-state index is 10.3. The number of hydrogen-bond donors (Lipinski definition) is 4. The molecular weight excluding hydrogens is 416 g/mol. The Morgan fingerprint density at radius 3 is 2.69 bits per heavy atom. The van der Waals surface area contributed by atoms with Crippen LogP contribution in [-0.4, -0.2) is 74.8 Å².